The van der Waals surface area contributed by atoms with Gasteiger partial charge in [0.15, 0.2) is 6.17 Å². The lowest BCUT2D eigenvalue weighted by Gasteiger charge is -2.36. The van der Waals surface area contributed by atoms with Crippen molar-refractivity contribution in [2.75, 3.05) is 0 Å². The third-order valence-electron chi connectivity index (χ3n) is 5.54. The minimum absolute atomic E-state index is 0.000924. The topological polar surface area (TPSA) is 81.3 Å². The molecule has 7 nitrogen and oxygen atoms in total. The van der Waals surface area contributed by atoms with Crippen molar-refractivity contribution in [3.05, 3.63) is 82.6 Å². The van der Waals surface area contributed by atoms with E-state index in [1.54, 1.807) is 12.3 Å². The summed E-state index contributed by atoms with van der Waals surface area (Å²) in [5.74, 6) is 0. The Kier molecular flexibility index (Phi) is 5.78. The average molecular weight is 456 g/mol. The van der Waals surface area contributed by atoms with Crippen LogP contribution in [-0.2, 0) is 10.2 Å². The van der Waals surface area contributed by atoms with Crippen molar-refractivity contribution in [1.29, 1.82) is 5.26 Å². The van der Waals surface area contributed by atoms with Crippen molar-refractivity contribution >= 4 is 18.0 Å². The lowest BCUT2D eigenvalue weighted by atomic mass is 9.86. The van der Waals surface area contributed by atoms with Crippen LogP contribution in [0.5, 0.6) is 0 Å². The molecule has 7 heteroatoms. The van der Waals surface area contributed by atoms with Gasteiger partial charge in [-0.1, -0.05) is 69.3 Å². The third-order valence-corrected chi connectivity index (χ3v) is 5.54. The summed E-state index contributed by atoms with van der Waals surface area (Å²) < 4.78 is 5.71. The van der Waals surface area contributed by atoms with Gasteiger partial charge in [-0.05, 0) is 31.7 Å². The van der Waals surface area contributed by atoms with E-state index in [0.29, 0.717) is 5.71 Å². The highest BCUT2D eigenvalue weighted by atomic mass is 16.6. The van der Waals surface area contributed by atoms with Crippen LogP contribution in [0.1, 0.15) is 70.0 Å². The number of carbonyl (C=O) groups excluding carboxylic acids is 1. The van der Waals surface area contributed by atoms with Crippen molar-refractivity contribution in [2.24, 2.45) is 10.2 Å². The minimum atomic E-state index is -0.756. The van der Waals surface area contributed by atoms with Crippen molar-refractivity contribution < 1.29 is 9.53 Å². The zero-order chi connectivity index (χ0) is 24.7. The number of allylic oxidation sites excluding steroid dienone is 2. The number of rotatable bonds is 1. The number of nitrogens with zero attached hydrogens (tertiary/aromatic N) is 5. The number of fused-ring (bicyclic) bond motifs is 3. The standard InChI is InChI=1S/C27H29N5O2/c1-26(2,3)20-13-11-18(12-14-20)23-15-21(16-28)31-24(22-10-8-7-9-19(22)17-29-31)32(30-23)25(33)34-27(4,5)6/h7-15,17,24H,1-6H3. The Bertz CT molecular complexity index is 1240. The molecule has 0 bridgehead atoms. The number of hydrogen-bond acceptors (Lipinski definition) is 6. The highest BCUT2D eigenvalue weighted by molar-refractivity contribution is 6.09. The van der Waals surface area contributed by atoms with Gasteiger partial charge in [-0.3, -0.25) is 0 Å². The zero-order valence-electron chi connectivity index (χ0n) is 20.4. The van der Waals surface area contributed by atoms with E-state index in [1.165, 1.54) is 15.6 Å². The van der Waals surface area contributed by atoms with Crippen LogP contribution in [0.2, 0.25) is 0 Å². The maximum Gasteiger partial charge on any atom is 0.433 e. The van der Waals surface area contributed by atoms with Gasteiger partial charge >= 0.3 is 6.09 Å². The van der Waals surface area contributed by atoms with E-state index in [0.717, 1.165) is 16.7 Å². The van der Waals surface area contributed by atoms with E-state index < -0.39 is 17.9 Å². The van der Waals surface area contributed by atoms with Gasteiger partial charge in [0.1, 0.15) is 17.4 Å². The quantitative estimate of drug-likeness (QED) is 0.553. The number of nitriles is 1. The van der Waals surface area contributed by atoms with Crippen LogP contribution in [-0.4, -0.2) is 33.6 Å². The van der Waals surface area contributed by atoms with Crippen LogP contribution >= 0.6 is 0 Å². The number of carbonyl (C=O) groups is 1. The predicted octanol–water partition coefficient (Wildman–Crippen LogP) is 5.69. The molecule has 2 heterocycles. The van der Waals surface area contributed by atoms with E-state index in [-0.39, 0.29) is 11.1 Å². The number of hydrogen-bond donors (Lipinski definition) is 0. The highest BCUT2D eigenvalue weighted by Crippen LogP contribution is 2.37. The summed E-state index contributed by atoms with van der Waals surface area (Å²) in [6.45, 7) is 11.9. The fraction of sp³-hybridized carbons (Fsp3) is 0.333. The van der Waals surface area contributed by atoms with Crippen LogP contribution in [0.25, 0.3) is 0 Å². The summed E-state index contributed by atoms with van der Waals surface area (Å²) in [6, 6.07) is 17.8. The van der Waals surface area contributed by atoms with Crippen molar-refractivity contribution in [3.8, 4) is 6.07 Å². The predicted molar refractivity (Wildman–Crippen MR) is 132 cm³/mol. The maximum atomic E-state index is 13.4. The molecule has 1 amide bonds. The molecule has 0 fully saturated rings. The van der Waals surface area contributed by atoms with Crippen LogP contribution in [0.15, 0.2) is 70.5 Å². The molecule has 4 rings (SSSR count). The molecule has 34 heavy (non-hydrogen) atoms. The molecule has 2 aromatic carbocycles. The summed E-state index contributed by atoms with van der Waals surface area (Å²) >= 11 is 0. The van der Waals surface area contributed by atoms with Crippen LogP contribution in [0, 0.1) is 11.3 Å². The minimum Gasteiger partial charge on any atom is -0.442 e. The second-order valence-electron chi connectivity index (χ2n) is 10.4. The SMILES string of the molecule is CC(C)(C)OC(=O)N1N=C(c2ccc(C(C)(C)C)cc2)C=C(C#N)N2N=Cc3ccccc3C12. The molecule has 2 aromatic rings. The summed E-state index contributed by atoms with van der Waals surface area (Å²) in [5.41, 5.74) is 3.65. The molecule has 0 aliphatic carbocycles. The van der Waals surface area contributed by atoms with Gasteiger partial charge in [0.25, 0.3) is 0 Å². The Balaban J connectivity index is 1.88. The maximum absolute atomic E-state index is 13.4. The molecule has 0 radical (unpaired) electrons. The molecule has 0 N–H and O–H groups in total. The largest absolute Gasteiger partial charge is 0.442 e. The van der Waals surface area contributed by atoms with E-state index in [1.807, 2.05) is 69.3 Å². The number of ether oxygens (including phenoxy) is 1. The Morgan fingerprint density at radius 2 is 1.71 bits per heavy atom. The van der Waals surface area contributed by atoms with Crippen molar-refractivity contribution in [1.82, 2.24) is 10.0 Å². The fourth-order valence-electron chi connectivity index (χ4n) is 3.82. The van der Waals surface area contributed by atoms with Gasteiger partial charge in [0, 0.05) is 22.8 Å². The molecule has 1 unspecified atom stereocenters. The van der Waals surface area contributed by atoms with E-state index in [9.17, 15) is 10.1 Å². The molecular weight excluding hydrogens is 426 g/mol. The van der Waals surface area contributed by atoms with E-state index >= 15 is 0 Å². The molecule has 1 atom stereocenters. The Morgan fingerprint density at radius 3 is 2.32 bits per heavy atom. The van der Waals surface area contributed by atoms with Crippen molar-refractivity contribution in [3.63, 3.8) is 0 Å². The first-order valence-corrected chi connectivity index (χ1v) is 11.2. The first kappa shape index (κ1) is 23.2. The number of amides is 1. The Hall–Kier alpha value is -3.92. The number of benzene rings is 2. The summed E-state index contributed by atoms with van der Waals surface area (Å²) in [5, 5.41) is 22.1. The van der Waals surface area contributed by atoms with Gasteiger partial charge in [-0.15, -0.1) is 0 Å². The lowest BCUT2D eigenvalue weighted by molar-refractivity contribution is -0.00432. The first-order valence-electron chi connectivity index (χ1n) is 11.2. The monoisotopic (exact) mass is 455 g/mol. The summed E-state index contributed by atoms with van der Waals surface area (Å²) in [6.07, 6.45) is 1.97. The molecule has 174 valence electrons. The first-order chi connectivity index (χ1) is 16.0. The van der Waals surface area contributed by atoms with Crippen molar-refractivity contribution in [2.45, 2.75) is 58.7 Å². The Labute approximate surface area is 200 Å². The molecule has 0 saturated heterocycles. The van der Waals surface area contributed by atoms with Crippen LogP contribution < -0.4 is 0 Å². The third kappa shape index (κ3) is 4.58. The normalized spacial score (nSPS) is 17.6. The second kappa shape index (κ2) is 8.45. The van der Waals surface area contributed by atoms with Crippen LogP contribution in [0.3, 0.4) is 0 Å². The molecule has 2 aliphatic heterocycles. The fourth-order valence-corrected chi connectivity index (χ4v) is 3.82. The summed E-state index contributed by atoms with van der Waals surface area (Å²) in [4.78, 5) is 13.4. The molecule has 2 aliphatic rings. The second-order valence-corrected chi connectivity index (χ2v) is 10.4. The highest BCUT2D eigenvalue weighted by Gasteiger charge is 2.40. The van der Waals surface area contributed by atoms with Crippen LogP contribution in [0.4, 0.5) is 4.79 Å². The number of hydrazone groups is 2. The smallest absolute Gasteiger partial charge is 0.433 e. The van der Waals surface area contributed by atoms with Gasteiger partial charge in [0.2, 0.25) is 0 Å². The lowest BCUT2D eigenvalue weighted by Crippen LogP contribution is -2.43. The summed E-state index contributed by atoms with van der Waals surface area (Å²) in [7, 11) is 0. The van der Waals surface area contributed by atoms with Gasteiger partial charge < -0.3 is 4.74 Å². The van der Waals surface area contributed by atoms with Gasteiger partial charge in [-0.25, -0.2) is 9.80 Å². The van der Waals surface area contributed by atoms with E-state index in [2.05, 4.69) is 31.9 Å². The van der Waals surface area contributed by atoms with Gasteiger partial charge in [-0.2, -0.15) is 20.5 Å². The molecular formula is C27H29N5O2. The zero-order valence-corrected chi connectivity index (χ0v) is 20.4. The Morgan fingerprint density at radius 1 is 1.03 bits per heavy atom. The van der Waals surface area contributed by atoms with Gasteiger partial charge in [0.05, 0.1) is 11.9 Å². The average Bonchev–Trinajstić information content (AvgIpc) is 2.95. The molecule has 0 saturated carbocycles. The molecule has 0 spiro atoms. The van der Waals surface area contributed by atoms with E-state index in [4.69, 9.17) is 9.84 Å². The molecule has 0 aromatic heterocycles.